The fraction of sp³-hybridized carbons (Fsp3) is 0.562. The number of carbonyl (C=O) groups is 1. The van der Waals surface area contributed by atoms with Crippen molar-refractivity contribution in [1.82, 2.24) is 15.5 Å². The van der Waals surface area contributed by atoms with Crippen LogP contribution < -0.4 is 10.6 Å². The maximum atomic E-state index is 12.5. The van der Waals surface area contributed by atoms with Gasteiger partial charge in [-0.1, -0.05) is 12.1 Å². The largest absolute Gasteiger partial charge is 0.416 e. The standard InChI is InChI=1S/C16H20F3N3O/c17-16(18,19)13-3-1-11(2-4-13)9-22-6-5-14(10-22)21-15(23)12-7-20-8-12/h1-4,12,14,20H,5-10H2,(H,21,23). The molecule has 1 unspecified atom stereocenters. The van der Waals surface area contributed by atoms with Crippen molar-refractivity contribution in [2.24, 2.45) is 5.92 Å². The summed E-state index contributed by atoms with van der Waals surface area (Å²) in [5.74, 6) is 0.184. The number of hydrogen-bond acceptors (Lipinski definition) is 3. The average Bonchev–Trinajstić information content (AvgIpc) is 2.83. The van der Waals surface area contributed by atoms with Gasteiger partial charge < -0.3 is 10.6 Å². The van der Waals surface area contributed by atoms with Gasteiger partial charge in [0.25, 0.3) is 0 Å². The Hall–Kier alpha value is -1.60. The van der Waals surface area contributed by atoms with Crippen molar-refractivity contribution in [3.63, 3.8) is 0 Å². The summed E-state index contributed by atoms with van der Waals surface area (Å²) in [4.78, 5) is 14.1. The summed E-state index contributed by atoms with van der Waals surface area (Å²) >= 11 is 0. The van der Waals surface area contributed by atoms with Gasteiger partial charge >= 0.3 is 6.18 Å². The molecule has 7 heteroatoms. The van der Waals surface area contributed by atoms with E-state index in [1.165, 1.54) is 12.1 Å². The molecule has 2 N–H and O–H groups in total. The lowest BCUT2D eigenvalue weighted by atomic mass is 10.0. The van der Waals surface area contributed by atoms with E-state index in [4.69, 9.17) is 0 Å². The number of likely N-dealkylation sites (tertiary alicyclic amines) is 1. The summed E-state index contributed by atoms with van der Waals surface area (Å²) in [6.45, 7) is 3.68. The Bertz CT molecular complexity index is 555. The van der Waals surface area contributed by atoms with Gasteiger partial charge in [-0.25, -0.2) is 0 Å². The fourth-order valence-electron chi connectivity index (χ4n) is 2.94. The number of amides is 1. The Morgan fingerprint density at radius 2 is 1.96 bits per heavy atom. The molecule has 0 bridgehead atoms. The van der Waals surface area contributed by atoms with Crippen LogP contribution in [0.15, 0.2) is 24.3 Å². The molecule has 2 aliphatic rings. The molecule has 1 aromatic carbocycles. The minimum Gasteiger partial charge on any atom is -0.352 e. The van der Waals surface area contributed by atoms with E-state index >= 15 is 0 Å². The van der Waals surface area contributed by atoms with Crippen LogP contribution in [0, 0.1) is 5.92 Å². The lowest BCUT2D eigenvalue weighted by Gasteiger charge is -2.27. The third kappa shape index (κ3) is 4.03. The van der Waals surface area contributed by atoms with Gasteiger partial charge in [0.2, 0.25) is 5.91 Å². The number of nitrogens with one attached hydrogen (secondary N) is 2. The second-order valence-corrected chi connectivity index (χ2v) is 6.28. The Labute approximate surface area is 133 Å². The van der Waals surface area contributed by atoms with E-state index in [2.05, 4.69) is 15.5 Å². The second kappa shape index (κ2) is 6.49. The summed E-state index contributed by atoms with van der Waals surface area (Å²) in [5, 5.41) is 6.13. The van der Waals surface area contributed by atoms with Crippen molar-refractivity contribution in [3.05, 3.63) is 35.4 Å². The Morgan fingerprint density at radius 1 is 1.26 bits per heavy atom. The van der Waals surface area contributed by atoms with E-state index in [1.54, 1.807) is 0 Å². The predicted molar refractivity (Wildman–Crippen MR) is 79.6 cm³/mol. The molecule has 3 rings (SSSR count). The van der Waals surface area contributed by atoms with Crippen LogP contribution in [0.1, 0.15) is 17.5 Å². The number of rotatable bonds is 4. The van der Waals surface area contributed by atoms with Crippen LogP contribution in [0.3, 0.4) is 0 Å². The number of carbonyl (C=O) groups excluding carboxylic acids is 1. The highest BCUT2D eigenvalue weighted by Crippen LogP contribution is 2.29. The van der Waals surface area contributed by atoms with E-state index in [0.29, 0.717) is 6.54 Å². The van der Waals surface area contributed by atoms with Gasteiger partial charge in [-0.15, -0.1) is 0 Å². The summed E-state index contributed by atoms with van der Waals surface area (Å²) < 4.78 is 37.6. The minimum atomic E-state index is -4.29. The molecule has 0 spiro atoms. The number of alkyl halides is 3. The topological polar surface area (TPSA) is 44.4 Å². The molecular weight excluding hydrogens is 307 g/mol. The van der Waals surface area contributed by atoms with Gasteiger partial charge in [0.05, 0.1) is 11.5 Å². The molecule has 0 radical (unpaired) electrons. The molecule has 2 saturated heterocycles. The molecule has 1 atom stereocenters. The van der Waals surface area contributed by atoms with Crippen LogP contribution >= 0.6 is 0 Å². The van der Waals surface area contributed by atoms with Crippen molar-refractivity contribution in [3.8, 4) is 0 Å². The van der Waals surface area contributed by atoms with Crippen molar-refractivity contribution >= 4 is 5.91 Å². The summed E-state index contributed by atoms with van der Waals surface area (Å²) in [6, 6.07) is 5.42. The predicted octanol–water partition coefficient (Wildman–Crippen LogP) is 1.62. The SMILES string of the molecule is O=C(NC1CCN(Cc2ccc(C(F)(F)F)cc2)C1)C1CNC1. The van der Waals surface area contributed by atoms with Crippen LogP contribution in [0.2, 0.25) is 0 Å². The number of hydrogen-bond donors (Lipinski definition) is 2. The van der Waals surface area contributed by atoms with Gasteiger partial charge in [-0.2, -0.15) is 13.2 Å². The fourth-order valence-corrected chi connectivity index (χ4v) is 2.94. The zero-order valence-electron chi connectivity index (χ0n) is 12.7. The van der Waals surface area contributed by atoms with Gasteiger partial charge in [-0.05, 0) is 24.1 Å². The molecule has 0 aromatic heterocycles. The third-order valence-corrected chi connectivity index (χ3v) is 4.46. The first-order chi connectivity index (χ1) is 10.9. The number of benzene rings is 1. The van der Waals surface area contributed by atoms with Crippen molar-refractivity contribution < 1.29 is 18.0 Å². The number of halogens is 3. The summed E-state index contributed by atoms with van der Waals surface area (Å²) in [6.07, 6.45) is -3.41. The molecule has 2 heterocycles. The molecular formula is C16H20F3N3O. The highest BCUT2D eigenvalue weighted by molar-refractivity contribution is 5.80. The first kappa shape index (κ1) is 16.3. The first-order valence-electron chi connectivity index (χ1n) is 7.81. The van der Waals surface area contributed by atoms with Gasteiger partial charge in [0.15, 0.2) is 0 Å². The van der Waals surface area contributed by atoms with Crippen molar-refractivity contribution in [1.29, 1.82) is 0 Å². The van der Waals surface area contributed by atoms with Gasteiger partial charge in [-0.3, -0.25) is 9.69 Å². The summed E-state index contributed by atoms with van der Waals surface area (Å²) in [7, 11) is 0. The van der Waals surface area contributed by atoms with Gasteiger partial charge in [0, 0.05) is 38.8 Å². The minimum absolute atomic E-state index is 0.0824. The molecule has 1 aromatic rings. The molecule has 1 amide bonds. The Balaban J connectivity index is 1.48. The smallest absolute Gasteiger partial charge is 0.352 e. The highest BCUT2D eigenvalue weighted by Gasteiger charge is 2.31. The lowest BCUT2D eigenvalue weighted by Crippen LogP contribution is -2.53. The van der Waals surface area contributed by atoms with Crippen LogP contribution in [-0.4, -0.2) is 43.0 Å². The quantitative estimate of drug-likeness (QED) is 0.883. The van der Waals surface area contributed by atoms with E-state index in [-0.39, 0.29) is 17.9 Å². The van der Waals surface area contributed by atoms with Crippen molar-refractivity contribution in [2.75, 3.05) is 26.2 Å². The molecule has 2 aliphatic heterocycles. The van der Waals surface area contributed by atoms with E-state index < -0.39 is 11.7 Å². The van der Waals surface area contributed by atoms with E-state index in [9.17, 15) is 18.0 Å². The number of nitrogens with zero attached hydrogens (tertiary/aromatic N) is 1. The normalized spacial score (nSPS) is 22.8. The second-order valence-electron chi connectivity index (χ2n) is 6.28. The molecule has 2 fully saturated rings. The van der Waals surface area contributed by atoms with Crippen LogP contribution in [0.5, 0.6) is 0 Å². The third-order valence-electron chi connectivity index (χ3n) is 4.46. The van der Waals surface area contributed by atoms with Crippen LogP contribution in [-0.2, 0) is 17.5 Å². The van der Waals surface area contributed by atoms with Crippen LogP contribution in [0.25, 0.3) is 0 Å². The van der Waals surface area contributed by atoms with E-state index in [1.807, 2.05) is 0 Å². The van der Waals surface area contributed by atoms with E-state index in [0.717, 1.165) is 50.3 Å². The molecule has 23 heavy (non-hydrogen) atoms. The molecule has 0 saturated carbocycles. The monoisotopic (exact) mass is 327 g/mol. The van der Waals surface area contributed by atoms with Crippen molar-refractivity contribution in [2.45, 2.75) is 25.2 Å². The highest BCUT2D eigenvalue weighted by atomic mass is 19.4. The maximum Gasteiger partial charge on any atom is 0.416 e. The Kier molecular flexibility index (Phi) is 4.59. The molecule has 4 nitrogen and oxygen atoms in total. The van der Waals surface area contributed by atoms with Gasteiger partial charge in [0.1, 0.15) is 0 Å². The van der Waals surface area contributed by atoms with Crippen LogP contribution in [0.4, 0.5) is 13.2 Å². The zero-order chi connectivity index (χ0) is 16.4. The first-order valence-corrected chi connectivity index (χ1v) is 7.81. The zero-order valence-corrected chi connectivity index (χ0v) is 12.7. The maximum absolute atomic E-state index is 12.5. The molecule has 0 aliphatic carbocycles. The lowest BCUT2D eigenvalue weighted by molar-refractivity contribution is -0.137. The summed E-state index contributed by atoms with van der Waals surface area (Å²) in [5.41, 5.74) is 0.232. The molecule has 126 valence electrons. The Morgan fingerprint density at radius 3 is 2.52 bits per heavy atom. The average molecular weight is 327 g/mol.